The second-order valence-corrected chi connectivity index (χ2v) is 7.03. The number of benzene rings is 1. The van der Waals surface area contributed by atoms with Gasteiger partial charge in [0.05, 0.1) is 15.6 Å². The lowest BCUT2D eigenvalue weighted by Gasteiger charge is -2.39. The molecule has 1 aromatic carbocycles. The van der Waals surface area contributed by atoms with Crippen LogP contribution in [0.25, 0.3) is 0 Å². The lowest BCUT2D eigenvalue weighted by atomic mass is 10.1. The summed E-state index contributed by atoms with van der Waals surface area (Å²) >= 11 is 13.5. The van der Waals surface area contributed by atoms with Gasteiger partial charge in [0.25, 0.3) is 5.91 Å². The van der Waals surface area contributed by atoms with Crippen molar-refractivity contribution in [1.29, 1.82) is 0 Å². The number of carbonyl (C=O) groups excluding carboxylic acids is 2. The first kappa shape index (κ1) is 16.3. The first-order valence-electron chi connectivity index (χ1n) is 7.10. The highest BCUT2D eigenvalue weighted by atomic mass is 35.5. The normalized spacial score (nSPS) is 18.4. The fourth-order valence-electron chi connectivity index (χ4n) is 2.63. The second-order valence-electron chi connectivity index (χ2n) is 5.24. The molecule has 1 aliphatic heterocycles. The standard InChI is InChI=1S/C16H14Cl2N2O2S/c1-10-15(21)20(13-5-4-11(17)9-12(13)18)7-6-19(10)16(22)14-3-2-8-23-14/h2-5,8-10H,6-7H2,1H3. The Kier molecular flexibility index (Phi) is 4.62. The molecule has 2 heterocycles. The summed E-state index contributed by atoms with van der Waals surface area (Å²) in [6.45, 7) is 2.61. The summed E-state index contributed by atoms with van der Waals surface area (Å²) in [6.07, 6.45) is 0. The Morgan fingerprint density at radius 3 is 2.70 bits per heavy atom. The molecule has 1 aromatic heterocycles. The van der Waals surface area contributed by atoms with E-state index >= 15 is 0 Å². The average molecular weight is 369 g/mol. The van der Waals surface area contributed by atoms with Gasteiger partial charge in [-0.3, -0.25) is 9.59 Å². The topological polar surface area (TPSA) is 40.6 Å². The van der Waals surface area contributed by atoms with E-state index in [0.717, 1.165) is 0 Å². The molecule has 2 aromatic rings. The molecular formula is C16H14Cl2N2O2S. The van der Waals surface area contributed by atoms with Crippen LogP contribution in [0.15, 0.2) is 35.7 Å². The molecule has 1 saturated heterocycles. The molecule has 0 radical (unpaired) electrons. The summed E-state index contributed by atoms with van der Waals surface area (Å²) in [4.78, 5) is 29.0. The number of hydrogen-bond acceptors (Lipinski definition) is 3. The number of nitrogens with zero attached hydrogens (tertiary/aromatic N) is 2. The van der Waals surface area contributed by atoms with Crippen LogP contribution in [0, 0.1) is 0 Å². The van der Waals surface area contributed by atoms with Gasteiger partial charge in [0.2, 0.25) is 5.91 Å². The number of halogens is 2. The molecule has 1 aliphatic rings. The van der Waals surface area contributed by atoms with E-state index in [4.69, 9.17) is 23.2 Å². The Morgan fingerprint density at radius 1 is 1.26 bits per heavy atom. The van der Waals surface area contributed by atoms with E-state index in [9.17, 15) is 9.59 Å². The van der Waals surface area contributed by atoms with Gasteiger partial charge < -0.3 is 9.80 Å². The van der Waals surface area contributed by atoms with Crippen molar-refractivity contribution >= 4 is 52.0 Å². The van der Waals surface area contributed by atoms with E-state index in [1.807, 2.05) is 11.4 Å². The fraction of sp³-hybridized carbons (Fsp3) is 0.250. The molecule has 0 aliphatic carbocycles. The van der Waals surface area contributed by atoms with Crippen molar-refractivity contribution < 1.29 is 9.59 Å². The van der Waals surface area contributed by atoms with Crippen molar-refractivity contribution in [2.75, 3.05) is 18.0 Å². The number of carbonyl (C=O) groups is 2. The van der Waals surface area contributed by atoms with Gasteiger partial charge in [-0.1, -0.05) is 29.3 Å². The van der Waals surface area contributed by atoms with Crippen LogP contribution in [0.5, 0.6) is 0 Å². The van der Waals surface area contributed by atoms with Crippen LogP contribution in [0.1, 0.15) is 16.6 Å². The Morgan fingerprint density at radius 2 is 2.04 bits per heavy atom. The van der Waals surface area contributed by atoms with Crippen molar-refractivity contribution in [3.8, 4) is 0 Å². The molecular weight excluding hydrogens is 355 g/mol. The molecule has 23 heavy (non-hydrogen) atoms. The summed E-state index contributed by atoms with van der Waals surface area (Å²) in [5, 5.41) is 2.80. The SMILES string of the molecule is CC1C(=O)N(c2ccc(Cl)cc2Cl)CCN1C(=O)c1cccs1. The molecule has 120 valence electrons. The summed E-state index contributed by atoms with van der Waals surface area (Å²) in [5.74, 6) is -0.256. The van der Waals surface area contributed by atoms with E-state index in [0.29, 0.717) is 33.7 Å². The molecule has 0 N–H and O–H groups in total. The van der Waals surface area contributed by atoms with Crippen LogP contribution >= 0.6 is 34.5 Å². The molecule has 3 rings (SSSR count). The molecule has 1 fully saturated rings. The average Bonchev–Trinajstić information content (AvgIpc) is 3.04. The molecule has 7 heteroatoms. The van der Waals surface area contributed by atoms with Gasteiger partial charge in [-0.15, -0.1) is 11.3 Å². The van der Waals surface area contributed by atoms with Crippen molar-refractivity contribution in [1.82, 2.24) is 4.90 Å². The predicted molar refractivity (Wildman–Crippen MR) is 93.6 cm³/mol. The van der Waals surface area contributed by atoms with Crippen LogP contribution in [-0.4, -0.2) is 35.8 Å². The van der Waals surface area contributed by atoms with E-state index < -0.39 is 6.04 Å². The van der Waals surface area contributed by atoms with Gasteiger partial charge in [-0.05, 0) is 36.6 Å². The summed E-state index contributed by atoms with van der Waals surface area (Å²) < 4.78 is 0. The minimum absolute atomic E-state index is 0.109. The highest BCUT2D eigenvalue weighted by Gasteiger charge is 2.36. The molecule has 2 amide bonds. The van der Waals surface area contributed by atoms with E-state index in [1.54, 1.807) is 41.0 Å². The maximum absolute atomic E-state index is 12.7. The number of thiophene rings is 1. The van der Waals surface area contributed by atoms with E-state index in [2.05, 4.69) is 0 Å². The zero-order chi connectivity index (χ0) is 16.6. The zero-order valence-corrected chi connectivity index (χ0v) is 14.7. The Labute approximate surface area is 148 Å². The molecule has 1 unspecified atom stereocenters. The number of piperazine rings is 1. The molecule has 4 nitrogen and oxygen atoms in total. The molecule has 0 bridgehead atoms. The molecule has 0 spiro atoms. The maximum atomic E-state index is 12.7. The highest BCUT2D eigenvalue weighted by Crippen LogP contribution is 2.31. The van der Waals surface area contributed by atoms with Gasteiger partial charge in [0, 0.05) is 18.1 Å². The summed E-state index contributed by atoms with van der Waals surface area (Å²) in [7, 11) is 0. The van der Waals surface area contributed by atoms with Crippen LogP contribution < -0.4 is 4.90 Å². The fourth-order valence-corrected chi connectivity index (χ4v) is 3.82. The van der Waals surface area contributed by atoms with Crippen molar-refractivity contribution in [2.24, 2.45) is 0 Å². The first-order valence-corrected chi connectivity index (χ1v) is 8.73. The quantitative estimate of drug-likeness (QED) is 0.805. The summed E-state index contributed by atoms with van der Waals surface area (Å²) in [6, 6.07) is 8.10. The number of anilines is 1. The molecule has 1 atom stereocenters. The van der Waals surface area contributed by atoms with Gasteiger partial charge in [0.15, 0.2) is 0 Å². The van der Waals surface area contributed by atoms with Crippen LogP contribution in [-0.2, 0) is 4.79 Å². The lowest BCUT2D eigenvalue weighted by Crippen LogP contribution is -2.57. The Balaban J connectivity index is 1.82. The highest BCUT2D eigenvalue weighted by molar-refractivity contribution is 7.12. The van der Waals surface area contributed by atoms with E-state index in [1.165, 1.54) is 11.3 Å². The van der Waals surface area contributed by atoms with Gasteiger partial charge >= 0.3 is 0 Å². The third kappa shape index (κ3) is 3.09. The van der Waals surface area contributed by atoms with Crippen LogP contribution in [0.2, 0.25) is 10.0 Å². The Bertz CT molecular complexity index is 749. The van der Waals surface area contributed by atoms with E-state index in [-0.39, 0.29) is 11.8 Å². The predicted octanol–water partition coefficient (Wildman–Crippen LogP) is 3.93. The van der Waals surface area contributed by atoms with Crippen molar-refractivity contribution in [2.45, 2.75) is 13.0 Å². The summed E-state index contributed by atoms with van der Waals surface area (Å²) in [5.41, 5.74) is 0.621. The minimum atomic E-state index is -0.537. The third-order valence-electron chi connectivity index (χ3n) is 3.85. The van der Waals surface area contributed by atoms with Crippen LogP contribution in [0.4, 0.5) is 5.69 Å². The van der Waals surface area contributed by atoms with Crippen LogP contribution in [0.3, 0.4) is 0 Å². The minimum Gasteiger partial charge on any atom is -0.324 e. The Hall–Kier alpha value is -1.56. The second kappa shape index (κ2) is 6.51. The largest absolute Gasteiger partial charge is 0.324 e. The number of amides is 2. The lowest BCUT2D eigenvalue weighted by molar-refractivity contribution is -0.124. The first-order chi connectivity index (χ1) is 11.0. The number of rotatable bonds is 2. The third-order valence-corrected chi connectivity index (χ3v) is 5.24. The smallest absolute Gasteiger partial charge is 0.264 e. The van der Waals surface area contributed by atoms with Gasteiger partial charge in [-0.2, -0.15) is 0 Å². The van der Waals surface area contributed by atoms with Gasteiger partial charge in [-0.25, -0.2) is 0 Å². The van der Waals surface area contributed by atoms with Crippen molar-refractivity contribution in [3.05, 3.63) is 50.6 Å². The molecule has 0 saturated carbocycles. The van der Waals surface area contributed by atoms with Crippen molar-refractivity contribution in [3.63, 3.8) is 0 Å². The number of hydrogen-bond donors (Lipinski definition) is 0. The monoisotopic (exact) mass is 368 g/mol. The van der Waals surface area contributed by atoms with Gasteiger partial charge in [0.1, 0.15) is 6.04 Å². The zero-order valence-electron chi connectivity index (χ0n) is 12.3. The maximum Gasteiger partial charge on any atom is 0.264 e.